The number of aryl methyl sites for hydroxylation is 2. The number of nitrogens with one attached hydrogen (secondary N) is 2. The molecule has 0 atom stereocenters. The van der Waals surface area contributed by atoms with Crippen LogP contribution in [0.2, 0.25) is 0 Å². The molecular formula is C28H28FN3OS. The molecule has 0 unspecified atom stereocenters. The van der Waals surface area contributed by atoms with Gasteiger partial charge in [-0.15, -0.1) is 0 Å². The maximum absolute atomic E-state index is 13.4. The van der Waals surface area contributed by atoms with Crippen molar-refractivity contribution in [2.75, 3.05) is 6.54 Å². The molecule has 2 N–H and O–H groups in total. The molecule has 0 aliphatic heterocycles. The first kappa shape index (κ1) is 23.6. The second-order valence-corrected chi connectivity index (χ2v) is 9.00. The normalized spacial score (nSPS) is 10.9. The number of rotatable bonds is 7. The van der Waals surface area contributed by atoms with Crippen molar-refractivity contribution in [3.8, 4) is 0 Å². The predicted octanol–water partition coefficient (Wildman–Crippen LogP) is 5.40. The lowest BCUT2D eigenvalue weighted by molar-refractivity contribution is 0.397. The zero-order valence-electron chi connectivity index (χ0n) is 19.4. The van der Waals surface area contributed by atoms with E-state index in [0.29, 0.717) is 30.3 Å². The van der Waals surface area contributed by atoms with Gasteiger partial charge in [0.05, 0.1) is 6.54 Å². The fraction of sp³-hybridized carbons (Fsp3) is 0.214. The molecule has 0 radical (unpaired) electrons. The largest absolute Gasteiger partial charge is 0.362 e. The molecule has 0 spiro atoms. The van der Waals surface area contributed by atoms with Gasteiger partial charge in [-0.1, -0.05) is 48.5 Å². The molecule has 0 saturated carbocycles. The van der Waals surface area contributed by atoms with Crippen LogP contribution in [0.1, 0.15) is 27.8 Å². The standard InChI is InChI=1S/C28H28FN3OS/c1-19-14-20(2)25-16-23(27(33)31-26(25)15-19)18-32(17-22-8-10-24(29)11-9-22)28(34)30-13-12-21-6-4-3-5-7-21/h3-11,14-16H,12-13,17-18H2,1-2H3,(H,30,34)(H,31,33). The summed E-state index contributed by atoms with van der Waals surface area (Å²) in [5.74, 6) is -0.282. The Balaban J connectivity index is 1.57. The van der Waals surface area contributed by atoms with Gasteiger partial charge in [-0.2, -0.15) is 0 Å². The number of pyridine rings is 1. The molecule has 0 fully saturated rings. The lowest BCUT2D eigenvalue weighted by atomic mass is 10.0. The molecule has 4 aromatic rings. The predicted molar refractivity (Wildman–Crippen MR) is 140 cm³/mol. The minimum absolute atomic E-state index is 0.131. The highest BCUT2D eigenvalue weighted by molar-refractivity contribution is 7.80. The van der Waals surface area contributed by atoms with Gasteiger partial charge in [-0.25, -0.2) is 4.39 Å². The highest BCUT2D eigenvalue weighted by Crippen LogP contribution is 2.19. The molecule has 0 bridgehead atoms. The second-order valence-electron chi connectivity index (χ2n) is 8.62. The summed E-state index contributed by atoms with van der Waals surface area (Å²) in [5, 5.41) is 4.90. The highest BCUT2D eigenvalue weighted by Gasteiger charge is 2.15. The molecule has 0 aliphatic rings. The summed E-state index contributed by atoms with van der Waals surface area (Å²) in [6.07, 6.45) is 0.834. The molecule has 4 rings (SSSR count). The summed E-state index contributed by atoms with van der Waals surface area (Å²) in [5.41, 5.74) is 5.69. The van der Waals surface area contributed by atoms with E-state index in [-0.39, 0.29) is 11.4 Å². The van der Waals surface area contributed by atoms with Crippen LogP contribution in [0.3, 0.4) is 0 Å². The number of hydrogen-bond donors (Lipinski definition) is 2. The van der Waals surface area contributed by atoms with Crippen molar-refractivity contribution < 1.29 is 4.39 Å². The topological polar surface area (TPSA) is 48.1 Å². The van der Waals surface area contributed by atoms with Crippen LogP contribution in [0.5, 0.6) is 0 Å². The fourth-order valence-electron chi connectivity index (χ4n) is 4.12. The molecule has 0 saturated heterocycles. The molecule has 174 valence electrons. The molecule has 4 nitrogen and oxygen atoms in total. The zero-order valence-corrected chi connectivity index (χ0v) is 20.2. The van der Waals surface area contributed by atoms with Gasteiger partial charge < -0.3 is 15.2 Å². The van der Waals surface area contributed by atoms with E-state index < -0.39 is 0 Å². The Labute approximate surface area is 204 Å². The number of fused-ring (bicyclic) bond motifs is 1. The van der Waals surface area contributed by atoms with Crippen molar-refractivity contribution in [2.45, 2.75) is 33.4 Å². The third kappa shape index (κ3) is 5.88. The Hall–Kier alpha value is -3.51. The number of aromatic amines is 1. The van der Waals surface area contributed by atoms with Gasteiger partial charge in [0.15, 0.2) is 5.11 Å². The van der Waals surface area contributed by atoms with Crippen LogP contribution in [0.25, 0.3) is 10.9 Å². The highest BCUT2D eigenvalue weighted by atomic mass is 32.1. The third-order valence-electron chi connectivity index (χ3n) is 5.86. The quantitative estimate of drug-likeness (QED) is 0.353. The van der Waals surface area contributed by atoms with Crippen molar-refractivity contribution in [1.29, 1.82) is 0 Å². The van der Waals surface area contributed by atoms with Gasteiger partial charge in [0.1, 0.15) is 5.82 Å². The molecule has 1 heterocycles. The van der Waals surface area contributed by atoms with Crippen LogP contribution < -0.4 is 10.9 Å². The van der Waals surface area contributed by atoms with E-state index in [2.05, 4.69) is 28.5 Å². The lowest BCUT2D eigenvalue weighted by Gasteiger charge is -2.26. The summed E-state index contributed by atoms with van der Waals surface area (Å²) in [6.45, 7) is 5.54. The first-order chi connectivity index (χ1) is 16.4. The maximum atomic E-state index is 13.4. The Morgan fingerprint density at radius 3 is 2.44 bits per heavy atom. The van der Waals surface area contributed by atoms with Crippen LogP contribution in [0.4, 0.5) is 4.39 Å². The zero-order chi connectivity index (χ0) is 24.1. The summed E-state index contributed by atoms with van der Waals surface area (Å²) >= 11 is 5.73. The maximum Gasteiger partial charge on any atom is 0.253 e. The van der Waals surface area contributed by atoms with Gasteiger partial charge >= 0.3 is 0 Å². The fourth-order valence-corrected chi connectivity index (χ4v) is 4.35. The molecule has 3 aromatic carbocycles. The Morgan fingerprint density at radius 1 is 0.971 bits per heavy atom. The Morgan fingerprint density at radius 2 is 1.71 bits per heavy atom. The van der Waals surface area contributed by atoms with Crippen LogP contribution in [-0.2, 0) is 19.5 Å². The lowest BCUT2D eigenvalue weighted by Crippen LogP contribution is -2.40. The third-order valence-corrected chi connectivity index (χ3v) is 6.26. The average molecular weight is 474 g/mol. The average Bonchev–Trinajstić information content (AvgIpc) is 2.81. The first-order valence-corrected chi connectivity index (χ1v) is 11.7. The molecule has 34 heavy (non-hydrogen) atoms. The number of aromatic nitrogens is 1. The summed E-state index contributed by atoms with van der Waals surface area (Å²) in [6, 6.07) is 22.6. The van der Waals surface area contributed by atoms with Crippen LogP contribution in [0, 0.1) is 19.7 Å². The van der Waals surface area contributed by atoms with E-state index in [4.69, 9.17) is 12.2 Å². The number of H-pyrrole nitrogens is 1. The van der Waals surface area contributed by atoms with E-state index in [1.54, 1.807) is 12.1 Å². The molecule has 6 heteroatoms. The van der Waals surface area contributed by atoms with Crippen molar-refractivity contribution in [3.63, 3.8) is 0 Å². The molecular weight excluding hydrogens is 445 g/mol. The monoisotopic (exact) mass is 473 g/mol. The van der Waals surface area contributed by atoms with E-state index >= 15 is 0 Å². The van der Waals surface area contributed by atoms with Crippen molar-refractivity contribution in [3.05, 3.63) is 117 Å². The van der Waals surface area contributed by atoms with Gasteiger partial charge in [-0.05, 0) is 79.0 Å². The number of benzene rings is 3. The second kappa shape index (κ2) is 10.6. The van der Waals surface area contributed by atoms with Gasteiger partial charge in [0.25, 0.3) is 5.56 Å². The van der Waals surface area contributed by atoms with Crippen molar-refractivity contribution in [1.82, 2.24) is 15.2 Å². The van der Waals surface area contributed by atoms with E-state index in [1.807, 2.05) is 49.1 Å². The summed E-state index contributed by atoms with van der Waals surface area (Å²) in [7, 11) is 0. The minimum atomic E-state index is -0.282. The first-order valence-electron chi connectivity index (χ1n) is 11.3. The minimum Gasteiger partial charge on any atom is -0.362 e. The summed E-state index contributed by atoms with van der Waals surface area (Å²) < 4.78 is 13.4. The molecule has 0 amide bonds. The number of nitrogens with zero attached hydrogens (tertiary/aromatic N) is 1. The number of hydrogen-bond acceptors (Lipinski definition) is 2. The smallest absolute Gasteiger partial charge is 0.253 e. The molecule has 0 aliphatic carbocycles. The van der Waals surface area contributed by atoms with Crippen LogP contribution in [-0.4, -0.2) is 21.5 Å². The summed E-state index contributed by atoms with van der Waals surface area (Å²) in [4.78, 5) is 17.9. The molecule has 1 aromatic heterocycles. The van der Waals surface area contributed by atoms with Gasteiger partial charge in [-0.3, -0.25) is 4.79 Å². The van der Waals surface area contributed by atoms with E-state index in [9.17, 15) is 9.18 Å². The van der Waals surface area contributed by atoms with E-state index in [1.165, 1.54) is 17.7 Å². The number of halogens is 1. The van der Waals surface area contributed by atoms with Crippen molar-refractivity contribution >= 4 is 28.2 Å². The number of thiocarbonyl (C=S) groups is 1. The Kier molecular flexibility index (Phi) is 7.38. The Bertz CT molecular complexity index is 1350. The SMILES string of the molecule is Cc1cc(C)c2cc(CN(Cc3ccc(F)cc3)C(=S)NCCc3ccccc3)c(=O)[nH]c2c1. The van der Waals surface area contributed by atoms with Gasteiger partial charge in [0, 0.05) is 29.6 Å². The van der Waals surface area contributed by atoms with Crippen LogP contribution >= 0.6 is 12.2 Å². The van der Waals surface area contributed by atoms with Crippen molar-refractivity contribution in [2.24, 2.45) is 0 Å². The van der Waals surface area contributed by atoms with Gasteiger partial charge in [0.2, 0.25) is 0 Å². The van der Waals surface area contributed by atoms with Crippen LogP contribution in [0.15, 0.2) is 77.6 Å². The van der Waals surface area contributed by atoms with E-state index in [0.717, 1.165) is 34.0 Å².